The molecule has 124 valence electrons. The summed E-state index contributed by atoms with van der Waals surface area (Å²) >= 11 is 0. The van der Waals surface area contributed by atoms with E-state index in [9.17, 15) is 9.18 Å². The van der Waals surface area contributed by atoms with E-state index in [1.807, 2.05) is 6.92 Å². The average molecular weight is 333 g/mol. The van der Waals surface area contributed by atoms with Gasteiger partial charge in [-0.3, -0.25) is 4.79 Å². The average Bonchev–Trinajstić information content (AvgIpc) is 2.46. The molecule has 2 N–H and O–H groups in total. The number of carbonyl (C=O) groups is 1. The normalized spacial score (nSPS) is 18.9. The topological polar surface area (TPSA) is 59.6 Å². The quantitative estimate of drug-likeness (QED) is 0.829. The summed E-state index contributed by atoms with van der Waals surface area (Å²) in [6.45, 7) is 4.23. The summed E-state index contributed by atoms with van der Waals surface area (Å²) in [5.41, 5.74) is 0. The van der Waals surface area contributed by atoms with Crippen LogP contribution in [0.3, 0.4) is 0 Å². The second-order valence-corrected chi connectivity index (χ2v) is 5.12. The van der Waals surface area contributed by atoms with Crippen LogP contribution in [-0.4, -0.2) is 44.4 Å². The zero-order valence-corrected chi connectivity index (χ0v) is 13.3. The summed E-state index contributed by atoms with van der Waals surface area (Å²) in [7, 11) is 0. The number of carbonyl (C=O) groups excluding carboxylic acids is 1. The first kappa shape index (κ1) is 18.7. The number of rotatable bonds is 6. The van der Waals surface area contributed by atoms with Crippen molar-refractivity contribution in [1.29, 1.82) is 0 Å². The van der Waals surface area contributed by atoms with Crippen LogP contribution in [0.1, 0.15) is 13.3 Å². The smallest absolute Gasteiger partial charge is 0.221 e. The van der Waals surface area contributed by atoms with Gasteiger partial charge in [0.25, 0.3) is 0 Å². The van der Waals surface area contributed by atoms with E-state index >= 15 is 0 Å². The maximum atomic E-state index is 13.0. The molecule has 0 aromatic heterocycles. The molecule has 0 saturated carbocycles. The first-order valence-electron chi connectivity index (χ1n) is 7.13. The van der Waals surface area contributed by atoms with E-state index in [0.717, 1.165) is 6.54 Å². The van der Waals surface area contributed by atoms with Crippen molar-refractivity contribution in [2.24, 2.45) is 0 Å². The molecule has 1 heterocycles. The van der Waals surface area contributed by atoms with Gasteiger partial charge in [0.05, 0.1) is 19.8 Å². The lowest BCUT2D eigenvalue weighted by Crippen LogP contribution is -2.45. The van der Waals surface area contributed by atoms with Crippen molar-refractivity contribution in [3.63, 3.8) is 0 Å². The van der Waals surface area contributed by atoms with Gasteiger partial charge in [0, 0.05) is 25.1 Å². The van der Waals surface area contributed by atoms with Gasteiger partial charge in [-0.2, -0.15) is 0 Å². The molecule has 1 aromatic rings. The lowest BCUT2D eigenvalue weighted by Gasteiger charge is -2.23. The largest absolute Gasteiger partial charge is 0.489 e. The van der Waals surface area contributed by atoms with Crippen LogP contribution >= 0.6 is 12.4 Å². The highest BCUT2D eigenvalue weighted by molar-refractivity contribution is 5.85. The lowest BCUT2D eigenvalue weighted by molar-refractivity contribution is -0.122. The molecular weight excluding hydrogens is 311 g/mol. The van der Waals surface area contributed by atoms with Gasteiger partial charge in [-0.15, -0.1) is 12.4 Å². The molecule has 0 aliphatic carbocycles. The molecule has 0 spiro atoms. The van der Waals surface area contributed by atoms with Gasteiger partial charge in [-0.1, -0.05) is 6.07 Å². The Hall–Kier alpha value is -1.37. The SMILES string of the molecule is CC(CNC(=O)CC1COCCN1)Oc1cccc(F)c1.Cl. The summed E-state index contributed by atoms with van der Waals surface area (Å²) in [5, 5.41) is 6.04. The molecule has 7 heteroatoms. The fraction of sp³-hybridized carbons (Fsp3) is 0.533. The monoisotopic (exact) mass is 332 g/mol. The summed E-state index contributed by atoms with van der Waals surface area (Å²) < 4.78 is 23.9. The van der Waals surface area contributed by atoms with Crippen molar-refractivity contribution in [1.82, 2.24) is 10.6 Å². The number of amides is 1. The predicted octanol–water partition coefficient (Wildman–Crippen LogP) is 1.51. The van der Waals surface area contributed by atoms with E-state index in [-0.39, 0.29) is 36.3 Å². The molecule has 2 atom stereocenters. The van der Waals surface area contributed by atoms with Crippen LogP contribution < -0.4 is 15.4 Å². The Morgan fingerprint density at radius 2 is 2.41 bits per heavy atom. The molecule has 1 aliphatic rings. The molecule has 0 radical (unpaired) electrons. The van der Waals surface area contributed by atoms with E-state index in [1.54, 1.807) is 12.1 Å². The molecule has 5 nitrogen and oxygen atoms in total. The Morgan fingerprint density at radius 1 is 1.59 bits per heavy atom. The highest BCUT2D eigenvalue weighted by Gasteiger charge is 2.17. The van der Waals surface area contributed by atoms with E-state index in [2.05, 4.69) is 10.6 Å². The first-order chi connectivity index (χ1) is 10.1. The number of nitrogens with one attached hydrogen (secondary N) is 2. The molecule has 0 bridgehead atoms. The molecular formula is C15H22ClFN2O3. The standard InChI is InChI=1S/C15H21FN2O3.ClH/c1-11(21-14-4-2-3-12(16)7-14)9-18-15(19)8-13-10-20-6-5-17-13;/h2-4,7,11,13,17H,5-6,8-10H2,1H3,(H,18,19);1H. The van der Waals surface area contributed by atoms with Gasteiger partial charge >= 0.3 is 0 Å². The maximum absolute atomic E-state index is 13.0. The highest BCUT2D eigenvalue weighted by atomic mass is 35.5. The number of morpholine rings is 1. The predicted molar refractivity (Wildman–Crippen MR) is 84.0 cm³/mol. The van der Waals surface area contributed by atoms with Crippen LogP contribution in [0.25, 0.3) is 0 Å². The molecule has 2 unspecified atom stereocenters. The number of ether oxygens (including phenoxy) is 2. The van der Waals surface area contributed by atoms with E-state index in [0.29, 0.717) is 31.9 Å². The molecule has 1 aromatic carbocycles. The Balaban J connectivity index is 0.00000242. The zero-order valence-electron chi connectivity index (χ0n) is 12.5. The van der Waals surface area contributed by atoms with Gasteiger partial charge in [0.2, 0.25) is 5.91 Å². The molecule has 2 rings (SSSR count). The second-order valence-electron chi connectivity index (χ2n) is 5.12. The lowest BCUT2D eigenvalue weighted by atomic mass is 10.2. The van der Waals surface area contributed by atoms with Gasteiger partial charge in [0.1, 0.15) is 17.7 Å². The van der Waals surface area contributed by atoms with Crippen LogP contribution in [0.15, 0.2) is 24.3 Å². The third-order valence-corrected chi connectivity index (χ3v) is 3.15. The van der Waals surface area contributed by atoms with Crippen molar-refractivity contribution < 1.29 is 18.7 Å². The van der Waals surface area contributed by atoms with Crippen LogP contribution in [0, 0.1) is 5.82 Å². The van der Waals surface area contributed by atoms with Crippen molar-refractivity contribution >= 4 is 18.3 Å². The number of hydrogen-bond acceptors (Lipinski definition) is 4. The van der Waals surface area contributed by atoms with Crippen LogP contribution in [-0.2, 0) is 9.53 Å². The molecule has 1 aliphatic heterocycles. The first-order valence-corrected chi connectivity index (χ1v) is 7.13. The summed E-state index contributed by atoms with van der Waals surface area (Å²) in [6.07, 6.45) is 0.151. The van der Waals surface area contributed by atoms with Crippen molar-refractivity contribution in [2.45, 2.75) is 25.5 Å². The van der Waals surface area contributed by atoms with Gasteiger partial charge in [-0.05, 0) is 19.1 Å². The van der Waals surface area contributed by atoms with Gasteiger partial charge in [-0.25, -0.2) is 4.39 Å². The highest BCUT2D eigenvalue weighted by Crippen LogP contribution is 2.13. The fourth-order valence-corrected chi connectivity index (χ4v) is 2.12. The van der Waals surface area contributed by atoms with Gasteiger partial charge < -0.3 is 20.1 Å². The van der Waals surface area contributed by atoms with Crippen molar-refractivity contribution in [3.05, 3.63) is 30.1 Å². The van der Waals surface area contributed by atoms with Crippen LogP contribution in [0.2, 0.25) is 0 Å². The van der Waals surface area contributed by atoms with Crippen LogP contribution in [0.5, 0.6) is 5.75 Å². The van der Waals surface area contributed by atoms with E-state index < -0.39 is 0 Å². The number of benzene rings is 1. The molecule has 22 heavy (non-hydrogen) atoms. The minimum Gasteiger partial charge on any atom is -0.489 e. The summed E-state index contributed by atoms with van der Waals surface area (Å²) in [4.78, 5) is 11.8. The molecule has 1 amide bonds. The minimum absolute atomic E-state index is 0. The zero-order chi connectivity index (χ0) is 15.1. The van der Waals surface area contributed by atoms with E-state index in [1.165, 1.54) is 12.1 Å². The fourth-order valence-electron chi connectivity index (χ4n) is 2.12. The van der Waals surface area contributed by atoms with Crippen molar-refractivity contribution in [2.75, 3.05) is 26.3 Å². The summed E-state index contributed by atoms with van der Waals surface area (Å²) in [5.74, 6) is 0.0684. The van der Waals surface area contributed by atoms with Crippen molar-refractivity contribution in [3.8, 4) is 5.75 Å². The Labute approximate surface area is 136 Å². The Bertz CT molecular complexity index is 470. The summed E-state index contributed by atoms with van der Waals surface area (Å²) in [6, 6.07) is 6.02. The molecule has 1 fully saturated rings. The Morgan fingerprint density at radius 3 is 3.09 bits per heavy atom. The third-order valence-electron chi connectivity index (χ3n) is 3.15. The van der Waals surface area contributed by atoms with Crippen LogP contribution in [0.4, 0.5) is 4.39 Å². The number of hydrogen-bond donors (Lipinski definition) is 2. The van der Waals surface area contributed by atoms with E-state index in [4.69, 9.17) is 9.47 Å². The van der Waals surface area contributed by atoms with Gasteiger partial charge in [0.15, 0.2) is 0 Å². The molecule has 1 saturated heterocycles. The third kappa shape index (κ3) is 6.60. The number of halogens is 2. The Kier molecular flexibility index (Phi) is 8.16. The minimum atomic E-state index is -0.341. The second kappa shape index (κ2) is 9.61. The maximum Gasteiger partial charge on any atom is 0.221 e.